The van der Waals surface area contributed by atoms with Crippen LogP contribution in [0, 0.1) is 0 Å². The van der Waals surface area contributed by atoms with Crippen LogP contribution >= 0.6 is 23.5 Å². The molecule has 0 bridgehead atoms. The first kappa shape index (κ1) is 77.0. The number of benzene rings is 8. The van der Waals surface area contributed by atoms with E-state index in [1.165, 1.54) is 91.1 Å². The van der Waals surface area contributed by atoms with Crippen molar-refractivity contribution < 1.29 is 71.1 Å². The monoisotopic (exact) mass is 1620 g/mol. The highest BCUT2D eigenvalue weighted by molar-refractivity contribution is 7.99. The van der Waals surface area contributed by atoms with E-state index in [9.17, 15) is 80.6 Å². The van der Waals surface area contributed by atoms with Gasteiger partial charge in [-0.15, -0.1) is 0 Å². The Kier molecular flexibility index (Phi) is 20.9. The molecule has 0 aliphatic heterocycles. The van der Waals surface area contributed by atoms with E-state index in [-0.39, 0.29) is 160 Å². The third kappa shape index (κ3) is 15.4. The van der Waals surface area contributed by atoms with Gasteiger partial charge < -0.3 is 35.7 Å². The van der Waals surface area contributed by atoms with Gasteiger partial charge in [-0.3, -0.25) is 47.0 Å². The number of fused-ring (bicyclic) bond motifs is 4. The number of aromatic nitrogens is 8. The first-order chi connectivity index (χ1) is 53.3. The lowest BCUT2D eigenvalue weighted by Gasteiger charge is -2.26. The molecule has 0 radical (unpaired) electrons. The van der Waals surface area contributed by atoms with Crippen LogP contribution in [0.1, 0.15) is 94.8 Å². The van der Waals surface area contributed by atoms with Crippen LogP contribution in [-0.4, -0.2) is 144 Å². The zero-order chi connectivity index (χ0) is 79.5. The van der Waals surface area contributed by atoms with Crippen molar-refractivity contribution in [3.8, 4) is 22.3 Å². The van der Waals surface area contributed by atoms with Crippen LogP contribution < -0.4 is 37.7 Å². The van der Waals surface area contributed by atoms with Crippen LogP contribution in [-0.2, 0) is 61.0 Å². The van der Waals surface area contributed by atoms with Gasteiger partial charge in [-0.2, -0.15) is 58.6 Å². The third-order valence-corrected chi connectivity index (χ3v) is 23.8. The molecule has 2 aliphatic rings. The number of hydrogen-bond acceptors (Lipinski definition) is 27. The minimum Gasteiger partial charge on any atom is -0.355 e. The van der Waals surface area contributed by atoms with E-state index in [1.807, 2.05) is 6.92 Å². The quantitative estimate of drug-likeness (QED) is 0.00952. The minimum absolute atomic E-state index is 0.0102. The molecule has 0 unspecified atom stereocenters. The maximum Gasteiger partial charge on any atom is 0.296 e. The predicted molar refractivity (Wildman–Crippen MR) is 420 cm³/mol. The number of hydrogen-bond donors (Lipinski definition) is 9. The lowest BCUT2D eigenvalue weighted by atomic mass is 9.80. The molecule has 0 saturated heterocycles. The average molecular weight is 1620 g/mol. The summed E-state index contributed by atoms with van der Waals surface area (Å²) in [6.07, 6.45) is 0.279. The van der Waals surface area contributed by atoms with Gasteiger partial charge in [-0.05, 0) is 102 Å². The van der Waals surface area contributed by atoms with E-state index in [0.29, 0.717) is 28.6 Å². The molecule has 4 aromatic heterocycles. The van der Waals surface area contributed by atoms with Crippen LogP contribution in [0.2, 0.25) is 0 Å². The molecule has 112 heavy (non-hydrogen) atoms. The van der Waals surface area contributed by atoms with Crippen molar-refractivity contribution in [3.05, 3.63) is 240 Å². The fraction of sp³-hybridized carbons (Fsp3) is 0.147. The van der Waals surface area contributed by atoms with E-state index >= 15 is 0 Å². The Labute approximate surface area is 645 Å². The summed E-state index contributed by atoms with van der Waals surface area (Å²) in [4.78, 5) is 113. The normalized spacial score (nSPS) is 12.5. The van der Waals surface area contributed by atoms with Crippen LogP contribution in [0.5, 0.6) is 0 Å². The summed E-state index contributed by atoms with van der Waals surface area (Å²) >= 11 is 2.28. The smallest absolute Gasteiger partial charge is 0.296 e. The molecule has 0 saturated carbocycles. The summed E-state index contributed by atoms with van der Waals surface area (Å²) in [5, 5.41) is 16.2. The summed E-state index contributed by atoms with van der Waals surface area (Å²) in [5.41, 5.74) is -0.219. The second-order valence-corrected chi connectivity index (χ2v) is 33.5. The Morgan fingerprint density at radius 1 is 0.455 bits per heavy atom. The molecule has 0 fully saturated rings. The molecular weight excluding hydrogens is 1560 g/mol. The van der Waals surface area contributed by atoms with Crippen molar-refractivity contribution in [2.75, 3.05) is 56.9 Å². The molecule has 14 rings (SSSR count). The van der Waals surface area contributed by atoms with Gasteiger partial charge in [0.05, 0.1) is 65.9 Å². The molecule has 2 aliphatic carbocycles. The lowest BCUT2D eigenvalue weighted by Crippen LogP contribution is -2.29. The molecule has 0 atom stereocenters. The summed E-state index contributed by atoms with van der Waals surface area (Å²) in [5.74, 6) is -2.63. The SMILES string of the molecule is CCCSc1nc(NCCNc2nc(Cc3cc(Nc4ccc5c6c4C(=O)c4ccccc4-c6c(C(=O)c4ccccc4)c(=O)n5C)ccc3S(=O)(=O)O)nc(SCCCS(=O)(=O)O)n2)nc(Nc2ccc(S(=O)(=O)O)c(Nc3ccc4c5c3C(=O)c3ccccc3-c5c(C(=O)c3cccc(S(=O)(=O)O)c3)c(=O)n4C)c2)n1. The number of aryl methyl sites for hydroxylation is 2. The van der Waals surface area contributed by atoms with Crippen molar-refractivity contribution in [2.24, 2.45) is 14.1 Å². The number of nitrogens with one attached hydrogen (secondary N) is 5. The number of nitrogens with zero attached hydrogens (tertiary/aromatic N) is 8. The summed E-state index contributed by atoms with van der Waals surface area (Å²) in [6, 6.07) is 39.1. The molecule has 0 spiro atoms. The van der Waals surface area contributed by atoms with E-state index < -0.39 is 107 Å². The predicted octanol–water partition coefficient (Wildman–Crippen LogP) is 10.6. The van der Waals surface area contributed by atoms with Gasteiger partial charge in [0.25, 0.3) is 51.6 Å². The fourth-order valence-electron chi connectivity index (χ4n) is 13.4. The van der Waals surface area contributed by atoms with Crippen molar-refractivity contribution >= 4 is 155 Å². The highest BCUT2D eigenvalue weighted by Gasteiger charge is 2.37. The molecule has 0 amide bonds. The number of rotatable bonds is 28. The lowest BCUT2D eigenvalue weighted by molar-refractivity contribution is 0.102. The van der Waals surface area contributed by atoms with Crippen LogP contribution in [0.3, 0.4) is 0 Å². The summed E-state index contributed by atoms with van der Waals surface area (Å²) in [7, 11) is -16.3. The Balaban J connectivity index is 0.747. The van der Waals surface area contributed by atoms with E-state index in [4.69, 9.17) is 0 Å². The molecule has 31 nitrogen and oxygen atoms in total. The largest absolute Gasteiger partial charge is 0.355 e. The second kappa shape index (κ2) is 30.5. The van der Waals surface area contributed by atoms with E-state index in [1.54, 1.807) is 78.9 Å². The van der Waals surface area contributed by atoms with Gasteiger partial charge in [0.1, 0.15) is 10.7 Å². The van der Waals surface area contributed by atoms with Crippen molar-refractivity contribution in [2.45, 2.75) is 51.2 Å². The Morgan fingerprint density at radius 2 is 0.955 bits per heavy atom. The number of thioether (sulfide) groups is 2. The van der Waals surface area contributed by atoms with E-state index in [0.717, 1.165) is 40.6 Å². The Hall–Kier alpha value is -11.8. The van der Waals surface area contributed by atoms with Crippen molar-refractivity contribution in [1.29, 1.82) is 0 Å². The maximum atomic E-state index is 14.9. The van der Waals surface area contributed by atoms with Gasteiger partial charge in [-0.25, -0.2) is 4.98 Å². The van der Waals surface area contributed by atoms with Crippen LogP contribution in [0.15, 0.2) is 198 Å². The van der Waals surface area contributed by atoms with E-state index in [2.05, 4.69) is 56.5 Å². The van der Waals surface area contributed by atoms with Gasteiger partial charge in [0.15, 0.2) is 33.4 Å². The van der Waals surface area contributed by atoms with Gasteiger partial charge in [0, 0.05) is 101 Å². The second-order valence-electron chi connectivity index (χ2n) is 25.6. The Morgan fingerprint density at radius 3 is 1.52 bits per heavy atom. The molecule has 8 aromatic carbocycles. The highest BCUT2D eigenvalue weighted by atomic mass is 32.2. The molecular formula is C75H61N13O18S6. The number of anilines is 8. The standard InChI is InChI=1S/C75H61N13O18S6/c1-4-32-107-75-85-72(83-73(86-75)79-43-23-29-55(112(104,105)106)51(38-43)80-50-25-27-53-62-58(46-19-9-11-21-48(46)68(92)60(50)62)64(70(94)88(53)3)66(90)40-16-12-17-44(36-40)110(98,99)100)77-31-30-76-71-81-56(82-74(84-71)108-33-13-34-109(95,96)97)37-41-35-42(22-28-54(41)111(101,102)103)78-49-24-26-52-61-57(45-18-8-10-20-47(45)67(91)59(49)61)63(69(93)87(52)2)65(89)39-14-6-5-7-15-39/h5-12,14-29,35-36,38,78,80H,4,13,30-34,37H2,1-3H3,(H,95,96,97)(H,98,99,100)(H,101,102,103)(H,104,105,106)(H,76,81,82,84)(H2,77,79,83,85,86). The van der Waals surface area contributed by atoms with Crippen molar-refractivity contribution in [1.82, 2.24) is 39.0 Å². The maximum absolute atomic E-state index is 14.9. The zero-order valence-corrected chi connectivity index (χ0v) is 63.7. The molecule has 12 aromatic rings. The summed E-state index contributed by atoms with van der Waals surface area (Å²) in [6.45, 7) is 1.99. The fourth-order valence-corrected chi connectivity index (χ4v) is 17.4. The summed E-state index contributed by atoms with van der Waals surface area (Å²) < 4.78 is 144. The van der Waals surface area contributed by atoms with Crippen LogP contribution in [0.4, 0.5) is 46.3 Å². The number of carbonyl (C=O) groups is 4. The average Bonchev–Trinajstić information content (AvgIpc) is 0.711. The van der Waals surface area contributed by atoms with Gasteiger partial charge in [0.2, 0.25) is 17.8 Å². The molecule has 4 heterocycles. The minimum atomic E-state index is -5.05. The molecule has 570 valence electrons. The molecule has 9 N–H and O–H groups in total. The first-order valence-corrected chi connectivity index (χ1v) is 41.9. The third-order valence-electron chi connectivity index (χ3n) is 18.3. The Bertz CT molecular complexity index is 6650. The highest BCUT2D eigenvalue weighted by Crippen LogP contribution is 2.47. The number of ketones is 4. The topological polar surface area (TPSA) is 467 Å². The van der Waals surface area contributed by atoms with Gasteiger partial charge in [-0.1, -0.05) is 121 Å². The molecule has 37 heteroatoms. The van der Waals surface area contributed by atoms with Gasteiger partial charge >= 0.3 is 0 Å². The zero-order valence-electron chi connectivity index (χ0n) is 58.8. The number of pyridine rings is 2. The first-order valence-electron chi connectivity index (χ1n) is 34.0. The number of carbonyl (C=O) groups excluding carboxylic acids is 4. The van der Waals surface area contributed by atoms with Crippen LogP contribution in [0.25, 0.3) is 44.1 Å². The van der Waals surface area contributed by atoms with Crippen molar-refractivity contribution in [3.63, 3.8) is 0 Å².